The summed E-state index contributed by atoms with van der Waals surface area (Å²) in [6.07, 6.45) is 2.22. The Kier molecular flexibility index (Phi) is 4.95. The van der Waals surface area contributed by atoms with Crippen LogP contribution in [0.25, 0.3) is 11.3 Å². The average molecular weight is 288 g/mol. The van der Waals surface area contributed by atoms with E-state index in [2.05, 4.69) is 63.3 Å². The van der Waals surface area contributed by atoms with Crippen LogP contribution in [0.1, 0.15) is 44.0 Å². The summed E-state index contributed by atoms with van der Waals surface area (Å²) in [5, 5.41) is 4.82. The van der Waals surface area contributed by atoms with Gasteiger partial charge in [-0.2, -0.15) is 0 Å². The summed E-state index contributed by atoms with van der Waals surface area (Å²) in [6.45, 7) is 9.68. The van der Waals surface area contributed by atoms with Crippen LogP contribution in [-0.2, 0) is 13.0 Å². The molecular weight excluding hydrogens is 264 g/mol. The number of thiazole rings is 1. The lowest BCUT2D eigenvalue weighted by Crippen LogP contribution is -2.34. The van der Waals surface area contributed by atoms with Gasteiger partial charge in [-0.25, -0.2) is 4.98 Å². The first-order valence-electron chi connectivity index (χ1n) is 7.28. The molecule has 0 spiro atoms. The molecule has 0 aliphatic rings. The molecule has 108 valence electrons. The van der Waals surface area contributed by atoms with E-state index in [0.29, 0.717) is 0 Å². The highest BCUT2D eigenvalue weighted by Crippen LogP contribution is 2.29. The molecule has 20 heavy (non-hydrogen) atoms. The molecule has 1 N–H and O–H groups in total. The van der Waals surface area contributed by atoms with Gasteiger partial charge in [0.25, 0.3) is 0 Å². The standard InChI is InChI=1S/C17H24N2S/c1-5-9-15-19-16(13-10-7-6-8-11-13)14(20-15)12-18-17(2,3)4/h6-8,10-11,18H,5,9,12H2,1-4H3. The number of hydrogen-bond acceptors (Lipinski definition) is 3. The molecule has 3 heteroatoms. The number of rotatable bonds is 5. The Bertz CT molecular complexity index is 538. The van der Waals surface area contributed by atoms with E-state index in [1.165, 1.54) is 15.4 Å². The van der Waals surface area contributed by atoms with E-state index < -0.39 is 0 Å². The summed E-state index contributed by atoms with van der Waals surface area (Å²) in [7, 11) is 0. The minimum atomic E-state index is 0.128. The molecule has 0 unspecified atom stereocenters. The zero-order valence-corrected chi connectivity index (χ0v) is 13.7. The minimum Gasteiger partial charge on any atom is -0.307 e. The zero-order valence-electron chi connectivity index (χ0n) is 12.9. The molecule has 0 saturated carbocycles. The van der Waals surface area contributed by atoms with Crippen molar-refractivity contribution in [1.82, 2.24) is 10.3 Å². The van der Waals surface area contributed by atoms with E-state index in [4.69, 9.17) is 4.98 Å². The van der Waals surface area contributed by atoms with Gasteiger partial charge < -0.3 is 5.32 Å². The molecule has 0 radical (unpaired) electrons. The van der Waals surface area contributed by atoms with E-state index in [1.807, 2.05) is 11.3 Å². The van der Waals surface area contributed by atoms with Gasteiger partial charge in [-0.3, -0.25) is 0 Å². The van der Waals surface area contributed by atoms with Gasteiger partial charge in [-0.05, 0) is 33.6 Å². The van der Waals surface area contributed by atoms with Gasteiger partial charge in [-0.15, -0.1) is 11.3 Å². The molecule has 2 aromatic rings. The highest BCUT2D eigenvalue weighted by atomic mass is 32.1. The molecule has 1 aromatic carbocycles. The molecule has 0 bridgehead atoms. The number of aryl methyl sites for hydroxylation is 1. The third-order valence-electron chi connectivity index (χ3n) is 3.03. The molecule has 0 saturated heterocycles. The van der Waals surface area contributed by atoms with E-state index >= 15 is 0 Å². The van der Waals surface area contributed by atoms with Crippen LogP contribution < -0.4 is 5.32 Å². The predicted molar refractivity (Wildman–Crippen MR) is 88.1 cm³/mol. The van der Waals surface area contributed by atoms with Crippen LogP contribution in [0.15, 0.2) is 30.3 Å². The van der Waals surface area contributed by atoms with Crippen molar-refractivity contribution >= 4 is 11.3 Å². The summed E-state index contributed by atoms with van der Waals surface area (Å²) in [6, 6.07) is 10.5. The predicted octanol–water partition coefficient (Wildman–Crippen LogP) is 4.65. The molecule has 0 amide bonds. The molecule has 2 nitrogen and oxygen atoms in total. The number of hydrogen-bond donors (Lipinski definition) is 1. The van der Waals surface area contributed by atoms with Crippen LogP contribution in [-0.4, -0.2) is 10.5 Å². The van der Waals surface area contributed by atoms with Crippen molar-refractivity contribution in [3.63, 3.8) is 0 Å². The third kappa shape index (κ3) is 4.15. The largest absolute Gasteiger partial charge is 0.307 e. The maximum absolute atomic E-state index is 4.85. The lowest BCUT2D eigenvalue weighted by Gasteiger charge is -2.20. The zero-order chi connectivity index (χ0) is 14.6. The fourth-order valence-electron chi connectivity index (χ4n) is 2.01. The Hall–Kier alpha value is -1.19. The summed E-state index contributed by atoms with van der Waals surface area (Å²) in [5.41, 5.74) is 2.50. The van der Waals surface area contributed by atoms with Crippen molar-refractivity contribution in [3.05, 3.63) is 40.2 Å². The minimum absolute atomic E-state index is 0.128. The molecule has 0 aliphatic carbocycles. The fraction of sp³-hybridized carbons (Fsp3) is 0.471. The van der Waals surface area contributed by atoms with Gasteiger partial charge in [-0.1, -0.05) is 37.3 Å². The van der Waals surface area contributed by atoms with Gasteiger partial charge >= 0.3 is 0 Å². The van der Waals surface area contributed by atoms with Gasteiger partial charge in [0.2, 0.25) is 0 Å². The fourth-order valence-corrected chi connectivity index (χ4v) is 3.14. The van der Waals surface area contributed by atoms with Crippen LogP contribution in [0.3, 0.4) is 0 Å². The van der Waals surface area contributed by atoms with Crippen molar-refractivity contribution in [2.75, 3.05) is 0 Å². The summed E-state index contributed by atoms with van der Waals surface area (Å²) in [5.74, 6) is 0. The van der Waals surface area contributed by atoms with Crippen molar-refractivity contribution in [2.24, 2.45) is 0 Å². The highest BCUT2D eigenvalue weighted by Gasteiger charge is 2.15. The van der Waals surface area contributed by atoms with Crippen molar-refractivity contribution in [1.29, 1.82) is 0 Å². The lowest BCUT2D eigenvalue weighted by atomic mass is 10.1. The molecule has 0 atom stereocenters. The van der Waals surface area contributed by atoms with Crippen molar-refractivity contribution in [2.45, 2.75) is 52.6 Å². The Balaban J connectivity index is 2.29. The Morgan fingerprint density at radius 3 is 2.45 bits per heavy atom. The number of benzene rings is 1. The SMILES string of the molecule is CCCc1nc(-c2ccccc2)c(CNC(C)(C)C)s1. The normalized spacial score (nSPS) is 11.8. The number of aromatic nitrogens is 1. The summed E-state index contributed by atoms with van der Waals surface area (Å²) < 4.78 is 0. The quantitative estimate of drug-likeness (QED) is 0.866. The van der Waals surface area contributed by atoms with Crippen LogP contribution in [0.5, 0.6) is 0 Å². The Morgan fingerprint density at radius 1 is 1.15 bits per heavy atom. The van der Waals surface area contributed by atoms with E-state index in [1.54, 1.807) is 0 Å². The molecule has 0 aliphatic heterocycles. The molecular formula is C17H24N2S. The molecule has 1 aromatic heterocycles. The van der Waals surface area contributed by atoms with Gasteiger partial charge in [0.05, 0.1) is 10.7 Å². The second kappa shape index (κ2) is 6.51. The lowest BCUT2D eigenvalue weighted by molar-refractivity contribution is 0.426. The second-order valence-corrected chi connectivity index (χ2v) is 7.27. The topological polar surface area (TPSA) is 24.9 Å². The maximum atomic E-state index is 4.85. The van der Waals surface area contributed by atoms with Crippen LogP contribution in [0.4, 0.5) is 0 Å². The van der Waals surface area contributed by atoms with E-state index in [9.17, 15) is 0 Å². The van der Waals surface area contributed by atoms with E-state index in [0.717, 1.165) is 25.1 Å². The first-order chi connectivity index (χ1) is 9.49. The first kappa shape index (κ1) is 15.2. The van der Waals surface area contributed by atoms with Gasteiger partial charge in [0, 0.05) is 22.5 Å². The van der Waals surface area contributed by atoms with Crippen molar-refractivity contribution < 1.29 is 0 Å². The molecule has 0 fully saturated rings. The first-order valence-corrected chi connectivity index (χ1v) is 8.10. The van der Waals surface area contributed by atoms with Crippen LogP contribution in [0.2, 0.25) is 0 Å². The highest BCUT2D eigenvalue weighted by molar-refractivity contribution is 7.12. The number of nitrogens with zero attached hydrogens (tertiary/aromatic N) is 1. The maximum Gasteiger partial charge on any atom is 0.0935 e. The van der Waals surface area contributed by atoms with E-state index in [-0.39, 0.29) is 5.54 Å². The average Bonchev–Trinajstić information content (AvgIpc) is 2.80. The smallest absolute Gasteiger partial charge is 0.0935 e. The Labute approximate surface area is 126 Å². The number of nitrogens with one attached hydrogen (secondary N) is 1. The monoisotopic (exact) mass is 288 g/mol. The molecule has 2 rings (SSSR count). The summed E-state index contributed by atoms with van der Waals surface area (Å²) >= 11 is 1.85. The van der Waals surface area contributed by atoms with Gasteiger partial charge in [0.1, 0.15) is 0 Å². The van der Waals surface area contributed by atoms with Gasteiger partial charge in [0.15, 0.2) is 0 Å². The van der Waals surface area contributed by atoms with Crippen LogP contribution in [0, 0.1) is 0 Å². The molecule has 1 heterocycles. The van der Waals surface area contributed by atoms with Crippen LogP contribution >= 0.6 is 11.3 Å². The second-order valence-electron chi connectivity index (χ2n) is 6.10. The Morgan fingerprint density at radius 2 is 1.85 bits per heavy atom. The summed E-state index contributed by atoms with van der Waals surface area (Å²) in [4.78, 5) is 6.19. The third-order valence-corrected chi connectivity index (χ3v) is 4.15. The van der Waals surface area contributed by atoms with Crippen molar-refractivity contribution in [3.8, 4) is 11.3 Å².